The minimum atomic E-state index is -0.521. The molecule has 1 aromatic rings. The molecular formula is C22H25N3O3S. The van der Waals surface area contributed by atoms with E-state index < -0.39 is 5.92 Å². The minimum absolute atomic E-state index is 0.0708. The number of amides is 1. The van der Waals surface area contributed by atoms with Crippen molar-refractivity contribution in [1.29, 1.82) is 5.26 Å². The first-order valence-corrected chi connectivity index (χ1v) is 10.7. The Morgan fingerprint density at radius 2 is 1.90 bits per heavy atom. The van der Waals surface area contributed by atoms with Crippen LogP contribution in [0.5, 0.6) is 5.75 Å². The number of allylic oxidation sites excluding steroid dienone is 3. The van der Waals surface area contributed by atoms with Crippen molar-refractivity contribution >= 4 is 23.5 Å². The molecule has 2 N–H and O–H groups in total. The molecule has 2 aliphatic heterocycles. The topological polar surface area (TPSA) is 93.4 Å². The molecule has 0 unspecified atom stereocenters. The van der Waals surface area contributed by atoms with E-state index in [4.69, 9.17) is 0 Å². The summed E-state index contributed by atoms with van der Waals surface area (Å²) in [4.78, 5) is 26.8. The van der Waals surface area contributed by atoms with Crippen LogP contribution >= 0.6 is 11.8 Å². The second kappa shape index (κ2) is 9.19. The van der Waals surface area contributed by atoms with E-state index in [1.165, 1.54) is 18.7 Å². The van der Waals surface area contributed by atoms with Gasteiger partial charge in [-0.1, -0.05) is 23.9 Å². The Morgan fingerprint density at radius 1 is 1.24 bits per heavy atom. The van der Waals surface area contributed by atoms with Gasteiger partial charge in [-0.15, -0.1) is 0 Å². The fourth-order valence-corrected chi connectivity index (χ4v) is 4.86. The Balaban J connectivity index is 1.90. The maximum absolute atomic E-state index is 12.6. The van der Waals surface area contributed by atoms with E-state index in [9.17, 15) is 20.0 Å². The predicted molar refractivity (Wildman–Crippen MR) is 113 cm³/mol. The number of hydrogen-bond donors (Lipinski definition) is 2. The molecule has 1 atom stereocenters. The van der Waals surface area contributed by atoms with Crippen LogP contribution in [0, 0.1) is 11.3 Å². The molecule has 0 spiro atoms. The van der Waals surface area contributed by atoms with E-state index in [0.29, 0.717) is 21.9 Å². The normalized spacial score (nSPS) is 19.6. The van der Waals surface area contributed by atoms with Gasteiger partial charge in [-0.2, -0.15) is 5.26 Å². The number of piperidine rings is 1. The molecule has 0 saturated carbocycles. The second-order valence-corrected chi connectivity index (χ2v) is 8.31. The standard InChI is InChI=1S/C22H25N3O3S/c1-14-20(15(2)26)21(16-6-8-17(27)9-7-16)18(12-23)22(24-14)29-13-19(28)25-10-4-3-5-11-25/h6-9,21,24,27H,3-5,10-11,13H2,1-2H3/t21-/m1/s1. The zero-order valence-corrected chi connectivity index (χ0v) is 17.5. The Bertz CT molecular complexity index is 906. The molecule has 0 bridgehead atoms. The Morgan fingerprint density at radius 3 is 2.48 bits per heavy atom. The van der Waals surface area contributed by atoms with Crippen LogP contribution in [-0.2, 0) is 9.59 Å². The lowest BCUT2D eigenvalue weighted by molar-refractivity contribution is -0.129. The predicted octanol–water partition coefficient (Wildman–Crippen LogP) is 3.42. The molecule has 29 heavy (non-hydrogen) atoms. The number of carbonyl (C=O) groups excluding carboxylic acids is 2. The van der Waals surface area contributed by atoms with Crippen LogP contribution in [0.15, 0.2) is 46.1 Å². The molecule has 1 aromatic carbocycles. The summed E-state index contributed by atoms with van der Waals surface area (Å²) in [5.41, 5.74) is 2.38. The van der Waals surface area contributed by atoms with E-state index in [-0.39, 0.29) is 23.2 Å². The van der Waals surface area contributed by atoms with Crippen LogP contribution in [-0.4, -0.2) is 40.5 Å². The van der Waals surface area contributed by atoms with Crippen LogP contribution < -0.4 is 5.32 Å². The van der Waals surface area contributed by atoms with Crippen molar-refractivity contribution in [3.63, 3.8) is 0 Å². The van der Waals surface area contributed by atoms with E-state index in [0.717, 1.165) is 37.9 Å². The summed E-state index contributed by atoms with van der Waals surface area (Å²) in [7, 11) is 0. The third-order valence-corrected chi connectivity index (χ3v) is 6.30. The molecule has 1 saturated heterocycles. The number of carbonyl (C=O) groups is 2. The van der Waals surface area contributed by atoms with Crippen LogP contribution in [0.4, 0.5) is 0 Å². The van der Waals surface area contributed by atoms with E-state index in [2.05, 4.69) is 11.4 Å². The van der Waals surface area contributed by atoms with Gasteiger partial charge in [0.2, 0.25) is 5.91 Å². The summed E-state index contributed by atoms with van der Waals surface area (Å²) >= 11 is 1.31. The first-order chi connectivity index (χ1) is 13.9. The maximum atomic E-state index is 12.6. The number of phenols is 1. The van der Waals surface area contributed by atoms with Crippen molar-refractivity contribution in [2.45, 2.75) is 39.0 Å². The number of phenolic OH excluding ortho intramolecular Hbond substituents is 1. The summed E-state index contributed by atoms with van der Waals surface area (Å²) in [6.45, 7) is 4.88. The van der Waals surface area contributed by atoms with Gasteiger partial charge in [0, 0.05) is 24.4 Å². The highest BCUT2D eigenvalue weighted by Crippen LogP contribution is 2.41. The summed E-state index contributed by atoms with van der Waals surface area (Å²) in [6, 6.07) is 8.79. The van der Waals surface area contributed by atoms with Gasteiger partial charge in [-0.3, -0.25) is 9.59 Å². The van der Waals surface area contributed by atoms with Crippen LogP contribution in [0.2, 0.25) is 0 Å². The average Bonchev–Trinajstić information content (AvgIpc) is 2.72. The zero-order chi connectivity index (χ0) is 21.0. The largest absolute Gasteiger partial charge is 0.508 e. The quantitative estimate of drug-likeness (QED) is 0.771. The fourth-order valence-electron chi connectivity index (χ4n) is 3.86. The van der Waals surface area contributed by atoms with E-state index in [1.807, 2.05) is 11.8 Å². The highest BCUT2D eigenvalue weighted by Gasteiger charge is 2.33. The minimum Gasteiger partial charge on any atom is -0.508 e. The highest BCUT2D eigenvalue weighted by molar-refractivity contribution is 8.03. The number of thioether (sulfide) groups is 1. The number of nitrogens with one attached hydrogen (secondary N) is 1. The van der Waals surface area contributed by atoms with Crippen molar-refractivity contribution in [1.82, 2.24) is 10.2 Å². The van der Waals surface area contributed by atoms with Crippen molar-refractivity contribution in [3.05, 3.63) is 51.7 Å². The molecule has 2 aliphatic rings. The third-order valence-electron chi connectivity index (χ3n) is 5.30. The first-order valence-electron chi connectivity index (χ1n) is 9.75. The number of likely N-dealkylation sites (tertiary alicyclic amines) is 1. The van der Waals surface area contributed by atoms with Crippen molar-refractivity contribution < 1.29 is 14.7 Å². The molecule has 3 rings (SSSR count). The lowest BCUT2D eigenvalue weighted by atomic mass is 9.81. The highest BCUT2D eigenvalue weighted by atomic mass is 32.2. The molecule has 0 aromatic heterocycles. The van der Waals surface area contributed by atoms with Gasteiger partial charge in [0.15, 0.2) is 5.78 Å². The lowest BCUT2D eigenvalue weighted by Crippen LogP contribution is -2.37. The van der Waals surface area contributed by atoms with E-state index in [1.54, 1.807) is 24.3 Å². The number of dihydropyridines is 1. The smallest absolute Gasteiger partial charge is 0.232 e. The molecule has 6 nitrogen and oxygen atoms in total. The number of nitriles is 1. The van der Waals surface area contributed by atoms with Crippen LogP contribution in [0.3, 0.4) is 0 Å². The molecule has 152 valence electrons. The third kappa shape index (κ3) is 4.65. The van der Waals surface area contributed by atoms with Gasteiger partial charge in [0.25, 0.3) is 0 Å². The van der Waals surface area contributed by atoms with Gasteiger partial charge in [0.1, 0.15) is 5.75 Å². The Labute approximate surface area is 175 Å². The monoisotopic (exact) mass is 411 g/mol. The first kappa shape index (κ1) is 21.0. The van der Waals surface area contributed by atoms with Gasteiger partial charge < -0.3 is 15.3 Å². The average molecular weight is 412 g/mol. The summed E-state index contributed by atoms with van der Waals surface area (Å²) in [6.07, 6.45) is 3.23. The summed E-state index contributed by atoms with van der Waals surface area (Å²) in [5.74, 6) is -0.196. The second-order valence-electron chi connectivity index (χ2n) is 7.33. The summed E-state index contributed by atoms with van der Waals surface area (Å²) < 4.78 is 0. The summed E-state index contributed by atoms with van der Waals surface area (Å²) in [5, 5.41) is 23.3. The van der Waals surface area contributed by atoms with Crippen LogP contribution in [0.25, 0.3) is 0 Å². The molecular weight excluding hydrogens is 386 g/mol. The Hall–Kier alpha value is -2.72. The van der Waals surface area contributed by atoms with Gasteiger partial charge in [-0.05, 0) is 50.8 Å². The van der Waals surface area contributed by atoms with Crippen LogP contribution in [0.1, 0.15) is 44.6 Å². The van der Waals surface area contributed by atoms with Gasteiger partial charge in [-0.25, -0.2) is 0 Å². The number of rotatable bonds is 5. The van der Waals surface area contributed by atoms with Gasteiger partial charge >= 0.3 is 0 Å². The number of aromatic hydroxyl groups is 1. The molecule has 0 aliphatic carbocycles. The zero-order valence-electron chi connectivity index (χ0n) is 16.7. The lowest BCUT2D eigenvalue weighted by Gasteiger charge is -2.30. The van der Waals surface area contributed by atoms with Crippen molar-refractivity contribution in [2.75, 3.05) is 18.8 Å². The number of hydrogen-bond acceptors (Lipinski definition) is 6. The van der Waals surface area contributed by atoms with Gasteiger partial charge in [0.05, 0.1) is 28.3 Å². The number of nitrogens with zero attached hydrogens (tertiary/aromatic N) is 2. The molecule has 0 radical (unpaired) electrons. The fraction of sp³-hybridized carbons (Fsp3) is 0.409. The molecule has 7 heteroatoms. The molecule has 1 fully saturated rings. The maximum Gasteiger partial charge on any atom is 0.232 e. The van der Waals surface area contributed by atoms with Crippen molar-refractivity contribution in [2.24, 2.45) is 0 Å². The van der Waals surface area contributed by atoms with E-state index >= 15 is 0 Å². The number of benzene rings is 1. The number of ketones is 1. The Kier molecular flexibility index (Phi) is 6.65. The van der Waals surface area contributed by atoms with Crippen molar-refractivity contribution in [3.8, 4) is 11.8 Å². The number of Topliss-reactive ketones (excluding diaryl/α,β-unsaturated/α-hetero) is 1. The SMILES string of the molecule is CC(=O)C1=C(C)NC(SCC(=O)N2CCCCC2)=C(C#N)[C@H]1c1ccc(O)cc1. The molecule has 2 heterocycles. The molecule has 1 amide bonds.